The third-order valence-corrected chi connectivity index (χ3v) is 4.32. The lowest BCUT2D eigenvalue weighted by Gasteiger charge is -2.39. The second-order valence-electron chi connectivity index (χ2n) is 5.47. The van der Waals surface area contributed by atoms with Crippen LogP contribution >= 0.6 is 0 Å². The third-order valence-electron chi connectivity index (χ3n) is 4.32. The normalized spacial score (nSPS) is 23.8. The van der Waals surface area contributed by atoms with Crippen LogP contribution in [0.1, 0.15) is 21.8 Å². The molecule has 0 spiro atoms. The molecule has 8 heteroatoms. The van der Waals surface area contributed by atoms with Crippen LogP contribution in [-0.2, 0) is 14.3 Å². The molecule has 0 aromatic heterocycles. The van der Waals surface area contributed by atoms with E-state index in [1.807, 2.05) is 0 Å². The average Bonchev–Trinajstić information content (AvgIpc) is 2.54. The standard InChI is InChI=1S/C16H12O8/c1-21-11-7(17)3-5-9-10-6(15(19)23-13(9)11)4-8(18)12(22-2)14(10)24-16(5)20/h3-4,9,13,17-18H,1-2H3. The highest BCUT2D eigenvalue weighted by atomic mass is 16.6. The summed E-state index contributed by atoms with van der Waals surface area (Å²) in [5.41, 5.74) is 0.561. The molecular formula is C16H12O8. The van der Waals surface area contributed by atoms with Crippen molar-refractivity contribution in [1.82, 2.24) is 0 Å². The molecule has 2 heterocycles. The van der Waals surface area contributed by atoms with Gasteiger partial charge in [-0.1, -0.05) is 0 Å². The SMILES string of the molecule is COC1=C(O)C=C2C(=O)Oc3c(OC)c(O)cc4c3C2C1OC4=O. The maximum atomic E-state index is 12.3. The van der Waals surface area contributed by atoms with E-state index in [4.69, 9.17) is 18.9 Å². The average molecular weight is 332 g/mol. The molecule has 8 nitrogen and oxygen atoms in total. The molecule has 3 aliphatic rings. The van der Waals surface area contributed by atoms with Gasteiger partial charge in [0.2, 0.25) is 5.75 Å². The Morgan fingerprint density at radius 1 is 1.12 bits per heavy atom. The summed E-state index contributed by atoms with van der Waals surface area (Å²) >= 11 is 0. The molecule has 24 heavy (non-hydrogen) atoms. The summed E-state index contributed by atoms with van der Waals surface area (Å²) in [7, 11) is 2.64. The van der Waals surface area contributed by atoms with Crippen LogP contribution in [-0.4, -0.2) is 42.5 Å². The highest BCUT2D eigenvalue weighted by Crippen LogP contribution is 2.55. The fourth-order valence-electron chi connectivity index (χ4n) is 3.35. The van der Waals surface area contributed by atoms with E-state index in [0.29, 0.717) is 5.56 Å². The highest BCUT2D eigenvalue weighted by molar-refractivity contribution is 6.02. The number of hydrogen-bond acceptors (Lipinski definition) is 8. The van der Waals surface area contributed by atoms with Crippen molar-refractivity contribution < 1.29 is 38.7 Å². The monoisotopic (exact) mass is 332 g/mol. The van der Waals surface area contributed by atoms with Crippen LogP contribution in [0.4, 0.5) is 0 Å². The molecule has 0 saturated carbocycles. The summed E-state index contributed by atoms with van der Waals surface area (Å²) in [5, 5.41) is 20.1. The summed E-state index contributed by atoms with van der Waals surface area (Å²) < 4.78 is 20.8. The Morgan fingerprint density at radius 3 is 2.54 bits per heavy atom. The number of esters is 2. The Balaban J connectivity index is 2.06. The first-order chi connectivity index (χ1) is 11.5. The van der Waals surface area contributed by atoms with E-state index in [0.717, 1.165) is 0 Å². The molecule has 1 aromatic rings. The van der Waals surface area contributed by atoms with E-state index in [-0.39, 0.29) is 39.9 Å². The van der Waals surface area contributed by atoms with Crippen molar-refractivity contribution in [2.24, 2.45) is 0 Å². The van der Waals surface area contributed by atoms with E-state index in [1.54, 1.807) is 0 Å². The van der Waals surface area contributed by atoms with Gasteiger partial charge >= 0.3 is 11.9 Å². The lowest BCUT2D eigenvalue weighted by molar-refractivity contribution is -0.132. The van der Waals surface area contributed by atoms with Gasteiger partial charge in [0.25, 0.3) is 0 Å². The van der Waals surface area contributed by atoms with Gasteiger partial charge in [0, 0.05) is 5.56 Å². The second kappa shape index (κ2) is 4.67. The van der Waals surface area contributed by atoms with Gasteiger partial charge in [0.05, 0.1) is 31.3 Å². The third kappa shape index (κ3) is 1.62. The Kier molecular flexibility index (Phi) is 2.81. The zero-order chi connectivity index (χ0) is 17.2. The molecule has 2 atom stereocenters. The van der Waals surface area contributed by atoms with Gasteiger partial charge in [-0.15, -0.1) is 0 Å². The van der Waals surface area contributed by atoms with Gasteiger partial charge in [-0.3, -0.25) is 0 Å². The second-order valence-corrected chi connectivity index (χ2v) is 5.47. The molecule has 4 rings (SSSR count). The first kappa shape index (κ1) is 14.4. The van der Waals surface area contributed by atoms with Crippen molar-refractivity contribution in [3.63, 3.8) is 0 Å². The van der Waals surface area contributed by atoms with Crippen molar-refractivity contribution in [1.29, 1.82) is 0 Å². The van der Waals surface area contributed by atoms with Crippen molar-refractivity contribution in [2.45, 2.75) is 12.0 Å². The van der Waals surface area contributed by atoms with Crippen molar-refractivity contribution >= 4 is 11.9 Å². The van der Waals surface area contributed by atoms with Gasteiger partial charge in [-0.2, -0.15) is 0 Å². The van der Waals surface area contributed by atoms with Crippen LogP contribution in [0, 0.1) is 0 Å². The molecule has 0 radical (unpaired) electrons. The summed E-state index contributed by atoms with van der Waals surface area (Å²) in [4.78, 5) is 24.7. The topological polar surface area (TPSA) is 112 Å². The van der Waals surface area contributed by atoms with Crippen LogP contribution in [0.15, 0.2) is 29.2 Å². The Morgan fingerprint density at radius 2 is 1.88 bits per heavy atom. The number of aliphatic hydroxyl groups excluding tert-OH is 1. The fraction of sp³-hybridized carbons (Fsp3) is 0.250. The number of allylic oxidation sites excluding steroid dienone is 1. The minimum Gasteiger partial charge on any atom is -0.504 e. The first-order valence-electron chi connectivity index (χ1n) is 7.03. The number of methoxy groups -OCH3 is 2. The molecule has 2 unspecified atom stereocenters. The van der Waals surface area contributed by atoms with Gasteiger partial charge < -0.3 is 29.2 Å². The number of hydrogen-bond donors (Lipinski definition) is 2. The van der Waals surface area contributed by atoms with Gasteiger partial charge in [-0.05, 0) is 12.1 Å². The number of benzene rings is 1. The number of phenolic OH excluding ortho intramolecular Hbond substituents is 1. The van der Waals surface area contributed by atoms with E-state index >= 15 is 0 Å². The minimum absolute atomic E-state index is 0.0295. The van der Waals surface area contributed by atoms with E-state index in [1.165, 1.54) is 26.4 Å². The molecule has 0 fully saturated rings. The largest absolute Gasteiger partial charge is 0.504 e. The van der Waals surface area contributed by atoms with Crippen molar-refractivity contribution in [3.8, 4) is 17.2 Å². The number of rotatable bonds is 2. The lowest BCUT2D eigenvalue weighted by Crippen LogP contribution is -2.42. The minimum atomic E-state index is -1.00. The maximum Gasteiger partial charge on any atom is 0.340 e. The number of carbonyl (C=O) groups excluding carboxylic acids is 2. The van der Waals surface area contributed by atoms with Crippen molar-refractivity contribution in [2.75, 3.05) is 14.2 Å². The Hall–Kier alpha value is -3.16. The van der Waals surface area contributed by atoms with Crippen LogP contribution in [0.25, 0.3) is 0 Å². The molecule has 2 N–H and O–H groups in total. The van der Waals surface area contributed by atoms with Crippen LogP contribution < -0.4 is 9.47 Å². The lowest BCUT2D eigenvalue weighted by atomic mass is 9.76. The smallest absolute Gasteiger partial charge is 0.340 e. The molecule has 2 aliphatic heterocycles. The predicted octanol–water partition coefficient (Wildman–Crippen LogP) is 1.30. The Bertz CT molecular complexity index is 863. The van der Waals surface area contributed by atoms with Crippen LogP contribution in [0.2, 0.25) is 0 Å². The molecule has 124 valence electrons. The van der Waals surface area contributed by atoms with Crippen LogP contribution in [0.5, 0.6) is 17.2 Å². The number of ether oxygens (including phenoxy) is 4. The maximum absolute atomic E-state index is 12.3. The number of aliphatic hydroxyl groups is 1. The summed E-state index contributed by atoms with van der Waals surface area (Å²) in [6.07, 6.45) is 0.226. The molecule has 0 bridgehead atoms. The molecular weight excluding hydrogens is 320 g/mol. The zero-order valence-corrected chi connectivity index (χ0v) is 12.7. The highest BCUT2D eigenvalue weighted by Gasteiger charge is 2.51. The summed E-state index contributed by atoms with van der Waals surface area (Å²) in [6.45, 7) is 0. The molecule has 1 aliphatic carbocycles. The Labute approximate surface area is 135 Å². The van der Waals surface area contributed by atoms with Gasteiger partial charge in [-0.25, -0.2) is 9.59 Å². The summed E-state index contributed by atoms with van der Waals surface area (Å²) in [6, 6.07) is 1.21. The van der Waals surface area contributed by atoms with Crippen LogP contribution in [0.3, 0.4) is 0 Å². The van der Waals surface area contributed by atoms with E-state index in [9.17, 15) is 19.8 Å². The van der Waals surface area contributed by atoms with Gasteiger partial charge in [0.15, 0.2) is 29.1 Å². The van der Waals surface area contributed by atoms with E-state index in [2.05, 4.69) is 0 Å². The van der Waals surface area contributed by atoms with Gasteiger partial charge in [0.1, 0.15) is 0 Å². The first-order valence-corrected chi connectivity index (χ1v) is 7.03. The fourth-order valence-corrected chi connectivity index (χ4v) is 3.35. The molecule has 0 saturated heterocycles. The van der Waals surface area contributed by atoms with Crippen molar-refractivity contribution in [3.05, 3.63) is 40.4 Å². The quantitative estimate of drug-likeness (QED) is 0.616. The summed E-state index contributed by atoms with van der Waals surface area (Å²) in [5.74, 6) is -2.87. The number of phenols is 1. The number of carbonyl (C=O) groups is 2. The molecule has 0 amide bonds. The number of aromatic hydroxyl groups is 1. The van der Waals surface area contributed by atoms with E-state index < -0.39 is 24.0 Å². The predicted molar refractivity (Wildman–Crippen MR) is 77.0 cm³/mol. The molecule has 1 aromatic carbocycles. The zero-order valence-electron chi connectivity index (χ0n) is 12.7.